The van der Waals surface area contributed by atoms with Crippen LogP contribution in [-0.2, 0) is 15.3 Å². The van der Waals surface area contributed by atoms with Crippen LogP contribution in [0.15, 0.2) is 72.5 Å². The fourth-order valence-corrected chi connectivity index (χ4v) is 6.95. The zero-order valence-electron chi connectivity index (χ0n) is 25.8. The first-order valence-electron chi connectivity index (χ1n) is 15.5. The number of carbonyl (C=O) groups is 2. The fraction of sp³-hybridized carbons (Fsp3) is 0.424. The summed E-state index contributed by atoms with van der Waals surface area (Å²) in [6, 6.07) is 7.80. The topological polar surface area (TPSA) is 95.0 Å². The maximum Gasteiger partial charge on any atom is 0.328 e. The number of rotatable bonds is 7. The summed E-state index contributed by atoms with van der Waals surface area (Å²) in [6.45, 7) is 7.48. The Morgan fingerprint density at radius 2 is 2.04 bits per heavy atom. The van der Waals surface area contributed by atoms with E-state index in [4.69, 9.17) is 16.3 Å². The van der Waals surface area contributed by atoms with Crippen LogP contribution in [0, 0.1) is 5.82 Å². The number of fused-ring (bicyclic) bond motifs is 1. The van der Waals surface area contributed by atoms with Crippen molar-refractivity contribution in [3.05, 3.63) is 88.9 Å². The van der Waals surface area contributed by atoms with E-state index in [-0.39, 0.29) is 29.0 Å². The molecule has 12 heteroatoms. The molecule has 5 heterocycles. The summed E-state index contributed by atoms with van der Waals surface area (Å²) in [4.78, 5) is 38.3. The number of pyridine rings is 1. The first-order valence-corrected chi connectivity index (χ1v) is 15.9. The van der Waals surface area contributed by atoms with Crippen LogP contribution in [0.4, 0.5) is 9.18 Å². The van der Waals surface area contributed by atoms with Crippen LogP contribution in [0.1, 0.15) is 32.3 Å². The van der Waals surface area contributed by atoms with Gasteiger partial charge in [0.15, 0.2) is 5.72 Å². The lowest BCUT2D eigenvalue weighted by atomic mass is 9.97. The Kier molecular flexibility index (Phi) is 8.85. The number of aromatic nitrogens is 2. The second-order valence-corrected chi connectivity index (χ2v) is 12.3. The molecule has 6 rings (SSSR count). The average Bonchev–Trinajstić information content (AvgIpc) is 3.66. The number of ether oxygens (including phenoxy) is 1. The third kappa shape index (κ3) is 6.04. The molecule has 45 heavy (non-hydrogen) atoms. The van der Waals surface area contributed by atoms with Gasteiger partial charge >= 0.3 is 6.03 Å². The average molecular weight is 636 g/mol. The van der Waals surface area contributed by atoms with Crippen molar-refractivity contribution in [1.82, 2.24) is 34.9 Å². The van der Waals surface area contributed by atoms with Crippen molar-refractivity contribution in [2.45, 2.75) is 44.5 Å². The molecule has 3 aliphatic rings. The lowest BCUT2D eigenvalue weighted by Crippen LogP contribution is -2.57. The van der Waals surface area contributed by atoms with Crippen molar-refractivity contribution in [3.8, 4) is 0 Å². The number of likely N-dealkylation sites (N-methyl/N-ethyl adjacent to an activating group) is 1. The number of nitrogens with one attached hydrogen (secondary N) is 2. The second kappa shape index (κ2) is 12.8. The molecule has 0 saturated carbocycles. The lowest BCUT2D eigenvalue weighted by molar-refractivity contribution is -0.120. The molecule has 3 aromatic rings. The van der Waals surface area contributed by atoms with Crippen LogP contribution in [0.3, 0.4) is 0 Å². The Hall–Kier alpha value is -3.93. The minimum absolute atomic E-state index is 0.0389. The van der Waals surface area contributed by atoms with Crippen LogP contribution in [0.5, 0.6) is 0 Å². The third-order valence-corrected chi connectivity index (χ3v) is 9.19. The summed E-state index contributed by atoms with van der Waals surface area (Å²) in [6.07, 6.45) is 10.6. The molecule has 2 N–H and O–H groups in total. The predicted octanol–water partition coefficient (Wildman–Crippen LogP) is 4.27. The quantitative estimate of drug-likeness (QED) is 0.400. The highest BCUT2D eigenvalue weighted by molar-refractivity contribution is 6.35. The Bertz CT molecular complexity index is 1640. The summed E-state index contributed by atoms with van der Waals surface area (Å²) in [5.74, 6) is -0.645. The van der Waals surface area contributed by atoms with E-state index in [9.17, 15) is 14.0 Å². The number of nitrogens with zero attached hydrogens (tertiary/aromatic N) is 5. The number of dihydropyridines is 1. The third-order valence-electron chi connectivity index (χ3n) is 8.90. The summed E-state index contributed by atoms with van der Waals surface area (Å²) >= 11 is 6.36. The Balaban J connectivity index is 1.30. The first-order chi connectivity index (χ1) is 21.7. The van der Waals surface area contributed by atoms with Gasteiger partial charge in [-0.3, -0.25) is 14.3 Å². The molecule has 2 amide bonds. The van der Waals surface area contributed by atoms with Gasteiger partial charge in [0.05, 0.1) is 16.2 Å². The van der Waals surface area contributed by atoms with E-state index in [1.54, 1.807) is 29.6 Å². The highest BCUT2D eigenvalue weighted by Gasteiger charge is 2.40. The Morgan fingerprint density at radius 1 is 1.20 bits per heavy atom. The van der Waals surface area contributed by atoms with E-state index < -0.39 is 11.5 Å². The van der Waals surface area contributed by atoms with E-state index in [1.165, 1.54) is 16.7 Å². The zero-order chi connectivity index (χ0) is 31.7. The van der Waals surface area contributed by atoms with Crippen molar-refractivity contribution in [2.75, 3.05) is 46.4 Å². The molecule has 2 fully saturated rings. The van der Waals surface area contributed by atoms with Gasteiger partial charge in [-0.25, -0.2) is 9.18 Å². The van der Waals surface area contributed by atoms with E-state index in [1.807, 2.05) is 31.2 Å². The van der Waals surface area contributed by atoms with Crippen molar-refractivity contribution < 1.29 is 18.7 Å². The van der Waals surface area contributed by atoms with Gasteiger partial charge in [0, 0.05) is 74.4 Å². The van der Waals surface area contributed by atoms with Crippen molar-refractivity contribution in [2.24, 2.45) is 0 Å². The molecular weight excluding hydrogens is 597 g/mol. The number of hydrogen-bond acceptors (Lipinski definition) is 7. The van der Waals surface area contributed by atoms with Gasteiger partial charge in [-0.2, -0.15) is 0 Å². The Morgan fingerprint density at radius 3 is 2.76 bits per heavy atom. The number of carbonyl (C=O) groups excluding carboxylic acids is 2. The van der Waals surface area contributed by atoms with Gasteiger partial charge in [-0.05, 0) is 69.8 Å². The smallest absolute Gasteiger partial charge is 0.328 e. The van der Waals surface area contributed by atoms with Gasteiger partial charge < -0.3 is 30.1 Å². The highest BCUT2D eigenvalue weighted by Crippen LogP contribution is 2.34. The SMILES string of the molecule is CCOC1(c2cccnc2)C=CC(N2CCN(C(=O)n3ccc4cc(F)cc(Cl)c43)C[C@H]2CC)=C(C(=O)N[C@@H]2CCN(C)C2)N1. The van der Waals surface area contributed by atoms with Gasteiger partial charge in [0.2, 0.25) is 0 Å². The van der Waals surface area contributed by atoms with E-state index >= 15 is 0 Å². The molecule has 3 aliphatic heterocycles. The van der Waals surface area contributed by atoms with Gasteiger partial charge in [-0.1, -0.05) is 24.6 Å². The summed E-state index contributed by atoms with van der Waals surface area (Å²) in [7, 11) is 2.05. The second-order valence-electron chi connectivity index (χ2n) is 11.8. The van der Waals surface area contributed by atoms with Crippen LogP contribution >= 0.6 is 11.6 Å². The maximum absolute atomic E-state index is 14.1. The molecule has 0 bridgehead atoms. The van der Waals surface area contributed by atoms with Gasteiger partial charge in [0.1, 0.15) is 11.5 Å². The number of halogens is 2. The monoisotopic (exact) mass is 635 g/mol. The number of hydrogen-bond donors (Lipinski definition) is 2. The van der Waals surface area contributed by atoms with Crippen LogP contribution in [-0.4, -0.2) is 94.7 Å². The number of amides is 2. The molecule has 238 valence electrons. The molecule has 1 aromatic carbocycles. The molecule has 0 aliphatic carbocycles. The first kappa shape index (κ1) is 31.1. The molecule has 1 unspecified atom stereocenters. The van der Waals surface area contributed by atoms with E-state index in [0.717, 1.165) is 37.2 Å². The van der Waals surface area contributed by atoms with Crippen molar-refractivity contribution in [3.63, 3.8) is 0 Å². The predicted molar refractivity (Wildman–Crippen MR) is 171 cm³/mol. The van der Waals surface area contributed by atoms with E-state index in [2.05, 4.69) is 39.4 Å². The van der Waals surface area contributed by atoms with Gasteiger partial charge in [0.25, 0.3) is 5.91 Å². The van der Waals surface area contributed by atoms with Crippen LogP contribution in [0.2, 0.25) is 5.02 Å². The molecule has 2 saturated heterocycles. The molecule has 0 spiro atoms. The minimum atomic E-state index is -1.07. The zero-order valence-corrected chi connectivity index (χ0v) is 26.6. The summed E-state index contributed by atoms with van der Waals surface area (Å²) < 4.78 is 21.7. The van der Waals surface area contributed by atoms with E-state index in [0.29, 0.717) is 42.8 Å². The van der Waals surface area contributed by atoms with Crippen molar-refractivity contribution in [1.29, 1.82) is 0 Å². The van der Waals surface area contributed by atoms with Crippen LogP contribution < -0.4 is 10.6 Å². The molecular formula is C33H39ClFN7O3. The highest BCUT2D eigenvalue weighted by atomic mass is 35.5. The fourth-order valence-electron chi connectivity index (χ4n) is 6.64. The minimum Gasteiger partial charge on any atom is -0.363 e. The maximum atomic E-state index is 14.1. The standard InChI is InChI=1S/C33H39ClFN7O3/c1-4-26-21-40(32(44)42-14-9-22-17-24(35)18-27(34)30(22)42)15-16-41(26)28-8-11-33(45-5-2,23-7-6-12-36-19-23)38-29(28)31(43)37-25-10-13-39(3)20-25/h6-9,11-12,14,17-19,25-26,38H,4-5,10,13,15-16,20-21H2,1-3H3,(H,37,43)/t25-,26-,33?/m1/s1. The van der Waals surface area contributed by atoms with Crippen molar-refractivity contribution >= 4 is 34.4 Å². The number of piperazine rings is 1. The largest absolute Gasteiger partial charge is 0.363 e. The van der Waals surface area contributed by atoms with Gasteiger partial charge in [-0.15, -0.1) is 0 Å². The number of benzene rings is 1. The molecule has 0 radical (unpaired) electrons. The normalized spacial score (nSPS) is 23.9. The van der Waals surface area contributed by atoms with Crippen LogP contribution in [0.25, 0.3) is 10.9 Å². The molecule has 10 nitrogen and oxygen atoms in total. The molecule has 3 atom stereocenters. The molecule has 2 aromatic heterocycles. The summed E-state index contributed by atoms with van der Waals surface area (Å²) in [5.41, 5.74) is 1.38. The lowest BCUT2D eigenvalue weighted by Gasteiger charge is -2.45. The number of allylic oxidation sites excluding steroid dienone is 1. The Labute approximate surface area is 267 Å². The summed E-state index contributed by atoms with van der Waals surface area (Å²) in [5, 5.41) is 7.48. The number of likely N-dealkylation sites (tertiary alicyclic amines) is 1.